The van der Waals surface area contributed by atoms with E-state index in [-0.39, 0.29) is 5.96 Å². The van der Waals surface area contributed by atoms with Crippen LogP contribution in [-0.2, 0) is 0 Å². The van der Waals surface area contributed by atoms with Crippen molar-refractivity contribution in [2.45, 2.75) is 71.1 Å². The Hall–Kier alpha value is 0. The fraction of sp³-hybridized carbons (Fsp3) is 0.923. The topological polar surface area (TPSA) is 53.1 Å². The number of unbranched alkanes of at least 4 members (excludes halogenated alkanes) is 9. The molecule has 0 bridgehead atoms. The molecule has 0 saturated heterocycles. The Morgan fingerprint density at radius 1 is 0.941 bits per heavy atom. The van der Waals surface area contributed by atoms with Crippen molar-refractivity contribution in [2.75, 3.05) is 6.54 Å². The van der Waals surface area contributed by atoms with Crippen LogP contribution in [0, 0.1) is 5.41 Å². The Balaban J connectivity index is 3.06. The van der Waals surface area contributed by atoms with Crippen molar-refractivity contribution in [1.82, 2.24) is 3.11 Å². The monoisotopic (exact) mass is 353 g/mol. The lowest BCUT2D eigenvalue weighted by Gasteiger charge is -2.13. The van der Waals surface area contributed by atoms with E-state index in [1.165, 1.54) is 57.8 Å². The summed E-state index contributed by atoms with van der Waals surface area (Å²) in [5.41, 5.74) is 5.36. The van der Waals surface area contributed by atoms with Gasteiger partial charge in [0.25, 0.3) is 0 Å². The van der Waals surface area contributed by atoms with E-state index in [0.717, 1.165) is 13.0 Å². The Labute approximate surface area is 121 Å². The van der Waals surface area contributed by atoms with Crippen LogP contribution < -0.4 is 5.73 Å². The second-order valence-corrected chi connectivity index (χ2v) is 5.82. The van der Waals surface area contributed by atoms with E-state index in [2.05, 4.69) is 29.8 Å². The van der Waals surface area contributed by atoms with Gasteiger partial charge in [-0.2, -0.15) is 0 Å². The normalized spacial score (nSPS) is 10.5. The standard InChI is InChI=1S/C13H28IN3/c1-2-3-4-5-6-7-8-9-10-11-12-17(14)13(15)16/h2-12H2,1H3,(H3,15,16). The molecule has 0 saturated carbocycles. The average Bonchev–Trinajstić information content (AvgIpc) is 2.31. The summed E-state index contributed by atoms with van der Waals surface area (Å²) in [6, 6.07) is 0. The van der Waals surface area contributed by atoms with E-state index in [4.69, 9.17) is 11.1 Å². The molecule has 0 amide bonds. The van der Waals surface area contributed by atoms with Gasteiger partial charge in [-0.05, 0) is 6.42 Å². The van der Waals surface area contributed by atoms with Gasteiger partial charge in [-0.1, -0.05) is 64.7 Å². The molecular weight excluding hydrogens is 325 g/mol. The number of rotatable bonds is 11. The summed E-state index contributed by atoms with van der Waals surface area (Å²) in [6.07, 6.45) is 13.5. The molecule has 3 N–H and O–H groups in total. The fourth-order valence-corrected chi connectivity index (χ4v) is 2.20. The van der Waals surface area contributed by atoms with Gasteiger partial charge in [0, 0.05) is 6.54 Å². The van der Waals surface area contributed by atoms with Crippen LogP contribution in [0.1, 0.15) is 71.1 Å². The molecule has 0 aromatic carbocycles. The molecule has 0 aliphatic heterocycles. The first kappa shape index (κ1) is 17.0. The van der Waals surface area contributed by atoms with Gasteiger partial charge in [0.15, 0.2) is 5.96 Å². The van der Waals surface area contributed by atoms with Crippen LogP contribution in [0.2, 0.25) is 0 Å². The SMILES string of the molecule is CCCCCCCCCCCCN(I)C(=N)N. The van der Waals surface area contributed by atoms with Gasteiger partial charge in [0.05, 0.1) is 22.9 Å². The Morgan fingerprint density at radius 2 is 1.35 bits per heavy atom. The highest BCUT2D eigenvalue weighted by atomic mass is 127. The van der Waals surface area contributed by atoms with Gasteiger partial charge < -0.3 is 5.73 Å². The largest absolute Gasteiger partial charge is 0.369 e. The lowest BCUT2D eigenvalue weighted by molar-refractivity contribution is 0.540. The molecule has 4 heteroatoms. The number of nitrogens with zero attached hydrogens (tertiary/aromatic N) is 1. The van der Waals surface area contributed by atoms with Gasteiger partial charge in [-0.3, -0.25) is 8.52 Å². The van der Waals surface area contributed by atoms with Gasteiger partial charge in [0.1, 0.15) is 0 Å². The third-order valence-electron chi connectivity index (χ3n) is 2.97. The first-order chi connectivity index (χ1) is 8.18. The third kappa shape index (κ3) is 12.2. The summed E-state index contributed by atoms with van der Waals surface area (Å²) >= 11 is 2.10. The Bertz CT molecular complexity index is 186. The maximum Gasteiger partial charge on any atom is 0.197 e. The van der Waals surface area contributed by atoms with E-state index in [9.17, 15) is 0 Å². The van der Waals surface area contributed by atoms with E-state index < -0.39 is 0 Å². The summed E-state index contributed by atoms with van der Waals surface area (Å²) in [4.78, 5) is 0. The van der Waals surface area contributed by atoms with Crippen molar-refractivity contribution in [1.29, 1.82) is 5.41 Å². The van der Waals surface area contributed by atoms with E-state index in [1.807, 2.05) is 0 Å². The van der Waals surface area contributed by atoms with Crippen molar-refractivity contribution in [2.24, 2.45) is 5.73 Å². The van der Waals surface area contributed by atoms with Gasteiger partial charge in [-0.15, -0.1) is 0 Å². The molecule has 0 radical (unpaired) electrons. The predicted octanol–water partition coefficient (Wildman–Crippen LogP) is 4.45. The van der Waals surface area contributed by atoms with Crippen LogP contribution in [0.4, 0.5) is 0 Å². The van der Waals surface area contributed by atoms with Crippen molar-refractivity contribution >= 4 is 28.8 Å². The molecular formula is C13H28IN3. The molecule has 0 aliphatic rings. The number of nitrogens with two attached hydrogens (primary N) is 1. The maximum atomic E-state index is 7.22. The third-order valence-corrected chi connectivity index (χ3v) is 3.97. The van der Waals surface area contributed by atoms with Crippen LogP contribution in [0.5, 0.6) is 0 Å². The molecule has 0 heterocycles. The molecule has 3 nitrogen and oxygen atoms in total. The smallest absolute Gasteiger partial charge is 0.197 e. The lowest BCUT2D eigenvalue weighted by Crippen LogP contribution is -2.28. The highest BCUT2D eigenvalue weighted by Gasteiger charge is 2.00. The highest BCUT2D eigenvalue weighted by molar-refractivity contribution is 14.1. The fourth-order valence-electron chi connectivity index (χ4n) is 1.86. The van der Waals surface area contributed by atoms with Crippen LogP contribution in [0.25, 0.3) is 0 Å². The minimum atomic E-state index is 0.168. The van der Waals surface area contributed by atoms with Crippen molar-refractivity contribution in [3.05, 3.63) is 0 Å². The number of guanidine groups is 1. The van der Waals surface area contributed by atoms with Crippen LogP contribution in [0.3, 0.4) is 0 Å². The molecule has 0 rings (SSSR count). The second kappa shape index (κ2) is 12.5. The summed E-state index contributed by atoms with van der Waals surface area (Å²) in [7, 11) is 0. The van der Waals surface area contributed by atoms with Crippen molar-refractivity contribution in [3.63, 3.8) is 0 Å². The van der Waals surface area contributed by atoms with Crippen molar-refractivity contribution < 1.29 is 0 Å². The minimum absolute atomic E-state index is 0.168. The van der Waals surface area contributed by atoms with Gasteiger partial charge in [-0.25, -0.2) is 0 Å². The quantitative estimate of drug-likeness (QED) is 0.190. The van der Waals surface area contributed by atoms with Crippen molar-refractivity contribution in [3.8, 4) is 0 Å². The summed E-state index contributed by atoms with van der Waals surface area (Å²) in [5.74, 6) is 0.168. The maximum absolute atomic E-state index is 7.22. The van der Waals surface area contributed by atoms with Crippen LogP contribution in [0.15, 0.2) is 0 Å². The highest BCUT2D eigenvalue weighted by Crippen LogP contribution is 2.11. The summed E-state index contributed by atoms with van der Waals surface area (Å²) in [5, 5.41) is 7.22. The molecule has 0 unspecified atom stereocenters. The van der Waals surface area contributed by atoms with E-state index in [1.54, 1.807) is 3.11 Å². The number of hydrogen-bond donors (Lipinski definition) is 2. The zero-order valence-corrected chi connectivity index (χ0v) is 13.3. The van der Waals surface area contributed by atoms with E-state index in [0.29, 0.717) is 0 Å². The molecule has 0 fully saturated rings. The summed E-state index contributed by atoms with van der Waals surface area (Å²) < 4.78 is 1.78. The van der Waals surface area contributed by atoms with E-state index >= 15 is 0 Å². The predicted molar refractivity (Wildman–Crippen MR) is 84.5 cm³/mol. The van der Waals surface area contributed by atoms with Gasteiger partial charge >= 0.3 is 0 Å². The second-order valence-electron chi connectivity index (χ2n) is 4.65. The molecule has 0 aromatic rings. The van der Waals surface area contributed by atoms with Crippen LogP contribution >= 0.6 is 22.9 Å². The zero-order valence-electron chi connectivity index (χ0n) is 11.2. The number of hydrogen-bond acceptors (Lipinski definition) is 1. The molecule has 0 spiro atoms. The molecule has 0 aromatic heterocycles. The first-order valence-electron chi connectivity index (χ1n) is 6.95. The minimum Gasteiger partial charge on any atom is -0.369 e. The molecule has 102 valence electrons. The Kier molecular flexibility index (Phi) is 12.5. The zero-order chi connectivity index (χ0) is 12.9. The number of halogens is 1. The van der Waals surface area contributed by atoms with Crippen LogP contribution in [-0.4, -0.2) is 15.6 Å². The first-order valence-corrected chi connectivity index (χ1v) is 7.92. The average molecular weight is 353 g/mol. The van der Waals surface area contributed by atoms with Gasteiger partial charge in [0.2, 0.25) is 0 Å². The molecule has 17 heavy (non-hydrogen) atoms. The summed E-state index contributed by atoms with van der Waals surface area (Å²) in [6.45, 7) is 3.17. The molecule has 0 aliphatic carbocycles. The number of nitrogens with one attached hydrogen (secondary N) is 1. The Morgan fingerprint density at radius 3 is 1.76 bits per heavy atom. The lowest BCUT2D eigenvalue weighted by atomic mass is 10.1. The molecule has 0 atom stereocenters.